The van der Waals surface area contributed by atoms with Crippen LogP contribution in [0, 0.1) is 13.8 Å². The molecule has 2 aliphatic heterocycles. The molecule has 0 radical (unpaired) electrons. The first kappa shape index (κ1) is 23.1. The Bertz CT molecular complexity index is 1070. The summed E-state index contributed by atoms with van der Waals surface area (Å²) in [7, 11) is 0. The third-order valence-electron chi connectivity index (χ3n) is 6.69. The minimum Gasteiger partial charge on any atom is -0.335 e. The molecule has 2 aromatic carbocycles. The summed E-state index contributed by atoms with van der Waals surface area (Å²) in [6, 6.07) is 10.3. The third kappa shape index (κ3) is 4.56. The number of aryl methyl sites for hydroxylation is 2. The predicted octanol–water partition coefficient (Wildman–Crippen LogP) is 5.14. The van der Waals surface area contributed by atoms with E-state index >= 15 is 0 Å². The molecule has 0 saturated carbocycles. The van der Waals surface area contributed by atoms with Crippen LogP contribution in [-0.4, -0.2) is 40.9 Å². The minimum atomic E-state index is -4.45. The summed E-state index contributed by atoms with van der Waals surface area (Å²) in [5.41, 5.74) is 2.17. The molecule has 8 heteroatoms. The van der Waals surface area contributed by atoms with E-state index in [-0.39, 0.29) is 24.0 Å². The first-order valence-corrected chi connectivity index (χ1v) is 11.2. The zero-order chi connectivity index (χ0) is 23.9. The number of nitrogens with one attached hydrogen (secondary N) is 1. The molecule has 3 amide bonds. The molecule has 1 N–H and O–H groups in total. The molecule has 2 heterocycles. The maximum absolute atomic E-state index is 13.4. The Morgan fingerprint density at radius 3 is 2.55 bits per heavy atom. The smallest absolute Gasteiger partial charge is 0.335 e. The molecule has 2 unspecified atom stereocenters. The van der Waals surface area contributed by atoms with E-state index in [1.165, 1.54) is 0 Å². The molecule has 2 fully saturated rings. The molecule has 176 valence electrons. The number of amides is 3. The van der Waals surface area contributed by atoms with E-state index in [0.717, 1.165) is 23.3 Å². The average Bonchev–Trinajstić information content (AvgIpc) is 3.13. The van der Waals surface area contributed by atoms with Crippen molar-refractivity contribution in [3.63, 3.8) is 0 Å². The van der Waals surface area contributed by atoms with E-state index in [9.17, 15) is 22.8 Å². The van der Waals surface area contributed by atoms with E-state index in [0.29, 0.717) is 37.1 Å². The summed E-state index contributed by atoms with van der Waals surface area (Å²) in [6.07, 6.45) is -3.32. The van der Waals surface area contributed by atoms with Crippen LogP contribution in [0.3, 0.4) is 0 Å². The summed E-state index contributed by atoms with van der Waals surface area (Å²) < 4.78 is 39.8. The normalized spacial score (nSPS) is 21.7. The van der Waals surface area contributed by atoms with Crippen LogP contribution in [0.4, 0.5) is 18.0 Å². The lowest BCUT2D eigenvalue weighted by molar-refractivity contribution is -0.137. The minimum absolute atomic E-state index is 0.103. The monoisotopic (exact) mass is 459 g/mol. The summed E-state index contributed by atoms with van der Waals surface area (Å²) in [6.45, 7) is 6.09. The van der Waals surface area contributed by atoms with Crippen molar-refractivity contribution in [3.8, 4) is 0 Å². The third-order valence-corrected chi connectivity index (χ3v) is 6.69. The predicted molar refractivity (Wildman–Crippen MR) is 118 cm³/mol. The van der Waals surface area contributed by atoms with Crippen molar-refractivity contribution >= 4 is 11.9 Å². The van der Waals surface area contributed by atoms with Crippen LogP contribution in [0.2, 0.25) is 0 Å². The van der Waals surface area contributed by atoms with Gasteiger partial charge in [0.05, 0.1) is 23.7 Å². The number of urea groups is 1. The molecule has 0 aliphatic carbocycles. The highest BCUT2D eigenvalue weighted by Crippen LogP contribution is 2.39. The van der Waals surface area contributed by atoms with E-state index in [1.54, 1.807) is 24.8 Å². The Kier molecular flexibility index (Phi) is 6.12. The Morgan fingerprint density at radius 1 is 1.12 bits per heavy atom. The second kappa shape index (κ2) is 8.72. The number of hydrogen-bond acceptors (Lipinski definition) is 2. The molecule has 2 aliphatic rings. The Balaban J connectivity index is 1.61. The maximum Gasteiger partial charge on any atom is 0.416 e. The van der Waals surface area contributed by atoms with E-state index in [1.807, 2.05) is 36.1 Å². The first-order chi connectivity index (χ1) is 15.6. The Hall–Kier alpha value is -3.03. The maximum atomic E-state index is 13.4. The van der Waals surface area contributed by atoms with Crippen molar-refractivity contribution in [2.75, 3.05) is 13.1 Å². The van der Waals surface area contributed by atoms with Crippen molar-refractivity contribution in [1.82, 2.24) is 15.1 Å². The number of carbonyl (C=O) groups is 2. The number of halogens is 3. The van der Waals surface area contributed by atoms with Crippen molar-refractivity contribution < 1.29 is 22.8 Å². The van der Waals surface area contributed by atoms with Gasteiger partial charge in [0.15, 0.2) is 0 Å². The topological polar surface area (TPSA) is 52.7 Å². The summed E-state index contributed by atoms with van der Waals surface area (Å²) in [5, 5.41) is 2.90. The number of fused-ring (bicyclic) bond motifs is 1. The standard InChI is InChI=1S/C25H28F3N3O2/c1-15-12-18(14-19(13-15)25(26,27)28)17(3)29-24(33)31-11-10-30-21(8-9-22(30)32)23(31)20-7-5-4-6-16(20)2/h4-7,12-14,17,21,23H,8-11H2,1-3H3,(H,29,33)/t17-,21?,23?/m0/s1. The van der Waals surface area contributed by atoms with Crippen LogP contribution in [0.15, 0.2) is 42.5 Å². The number of carbonyl (C=O) groups excluding carboxylic acids is 2. The van der Waals surface area contributed by atoms with Gasteiger partial charge in [0.2, 0.25) is 5.91 Å². The molecule has 4 rings (SSSR count). The van der Waals surface area contributed by atoms with Crippen LogP contribution in [0.1, 0.15) is 59.7 Å². The number of nitrogens with zero attached hydrogens (tertiary/aromatic N) is 2. The van der Waals surface area contributed by atoms with Gasteiger partial charge >= 0.3 is 12.2 Å². The fourth-order valence-electron chi connectivity index (χ4n) is 5.04. The van der Waals surface area contributed by atoms with Crippen molar-refractivity contribution in [2.45, 2.75) is 57.9 Å². The molecular weight excluding hydrogens is 431 g/mol. The number of hydrogen-bond donors (Lipinski definition) is 1. The number of piperazine rings is 1. The molecule has 0 spiro atoms. The molecule has 2 aromatic rings. The van der Waals surface area contributed by atoms with Crippen molar-refractivity contribution in [1.29, 1.82) is 0 Å². The highest BCUT2D eigenvalue weighted by atomic mass is 19.4. The van der Waals surface area contributed by atoms with Crippen LogP contribution >= 0.6 is 0 Å². The average molecular weight is 460 g/mol. The largest absolute Gasteiger partial charge is 0.416 e. The van der Waals surface area contributed by atoms with Crippen LogP contribution in [-0.2, 0) is 11.0 Å². The van der Waals surface area contributed by atoms with Gasteiger partial charge in [0.25, 0.3) is 0 Å². The van der Waals surface area contributed by atoms with Crippen LogP contribution in [0.25, 0.3) is 0 Å². The van der Waals surface area contributed by atoms with E-state index < -0.39 is 17.8 Å². The first-order valence-electron chi connectivity index (χ1n) is 11.2. The highest BCUT2D eigenvalue weighted by molar-refractivity contribution is 5.81. The fraction of sp³-hybridized carbons (Fsp3) is 0.440. The van der Waals surface area contributed by atoms with E-state index in [4.69, 9.17) is 0 Å². The molecule has 3 atom stereocenters. The number of rotatable bonds is 3. The highest BCUT2D eigenvalue weighted by Gasteiger charge is 2.45. The van der Waals surface area contributed by atoms with Gasteiger partial charge in [0, 0.05) is 19.5 Å². The molecule has 2 saturated heterocycles. The summed E-state index contributed by atoms with van der Waals surface area (Å²) in [5.74, 6) is 0.103. The number of alkyl halides is 3. The molecule has 5 nitrogen and oxygen atoms in total. The Morgan fingerprint density at radius 2 is 1.85 bits per heavy atom. The van der Waals surface area contributed by atoms with Gasteiger partial charge in [-0.1, -0.05) is 35.9 Å². The second-order valence-corrected chi connectivity index (χ2v) is 8.99. The quantitative estimate of drug-likeness (QED) is 0.691. The lowest BCUT2D eigenvalue weighted by Crippen LogP contribution is -2.57. The molecule has 0 bridgehead atoms. The van der Waals surface area contributed by atoms with Crippen LogP contribution in [0.5, 0.6) is 0 Å². The lowest BCUT2D eigenvalue weighted by atomic mass is 9.91. The molecule has 33 heavy (non-hydrogen) atoms. The SMILES string of the molecule is Cc1cc([C@H](C)NC(=O)N2CCN3C(=O)CCC3C2c2ccccc2C)cc(C(F)(F)F)c1. The Labute approximate surface area is 191 Å². The summed E-state index contributed by atoms with van der Waals surface area (Å²) >= 11 is 0. The zero-order valence-electron chi connectivity index (χ0n) is 18.9. The molecule has 0 aromatic heterocycles. The molecular formula is C25H28F3N3O2. The lowest BCUT2D eigenvalue weighted by Gasteiger charge is -2.45. The van der Waals surface area contributed by atoms with Gasteiger partial charge in [-0.15, -0.1) is 0 Å². The van der Waals surface area contributed by atoms with Crippen molar-refractivity contribution in [3.05, 3.63) is 70.3 Å². The number of benzene rings is 2. The van der Waals surface area contributed by atoms with E-state index in [2.05, 4.69) is 5.32 Å². The van der Waals surface area contributed by atoms with Gasteiger partial charge in [-0.3, -0.25) is 4.79 Å². The summed E-state index contributed by atoms with van der Waals surface area (Å²) in [4.78, 5) is 29.4. The van der Waals surface area contributed by atoms with Crippen LogP contribution < -0.4 is 5.32 Å². The van der Waals surface area contributed by atoms with Gasteiger partial charge in [-0.05, 0) is 56.0 Å². The van der Waals surface area contributed by atoms with Gasteiger partial charge in [-0.25, -0.2) is 4.79 Å². The van der Waals surface area contributed by atoms with Crippen molar-refractivity contribution in [2.24, 2.45) is 0 Å². The fourth-order valence-corrected chi connectivity index (χ4v) is 5.04. The van der Waals surface area contributed by atoms with Gasteiger partial charge < -0.3 is 15.1 Å². The van der Waals surface area contributed by atoms with Gasteiger partial charge in [0.1, 0.15) is 0 Å². The second-order valence-electron chi connectivity index (χ2n) is 8.99. The van der Waals surface area contributed by atoms with Gasteiger partial charge in [-0.2, -0.15) is 13.2 Å². The zero-order valence-corrected chi connectivity index (χ0v) is 18.9.